The van der Waals surface area contributed by atoms with Gasteiger partial charge in [0.05, 0.1) is 23.9 Å². The molecule has 0 bridgehead atoms. The van der Waals surface area contributed by atoms with Gasteiger partial charge in [-0.3, -0.25) is 9.69 Å². The fourth-order valence-electron chi connectivity index (χ4n) is 4.24. The Morgan fingerprint density at radius 3 is 2.57 bits per heavy atom. The number of nitrogens with two attached hydrogens (primary N) is 2. The number of nitrogens with zero attached hydrogens (tertiary/aromatic N) is 4. The molecule has 1 spiro atoms. The van der Waals surface area contributed by atoms with Crippen molar-refractivity contribution in [2.45, 2.75) is 37.8 Å². The van der Waals surface area contributed by atoms with E-state index in [-0.39, 0.29) is 17.8 Å². The van der Waals surface area contributed by atoms with Crippen LogP contribution >= 0.6 is 11.6 Å². The molecule has 1 aliphatic carbocycles. The van der Waals surface area contributed by atoms with Gasteiger partial charge < -0.3 is 21.1 Å². The molecular formula is C19H25ClN6O2. The molecule has 28 heavy (non-hydrogen) atoms. The van der Waals surface area contributed by atoms with Gasteiger partial charge in [-0.05, 0) is 43.9 Å². The zero-order valence-electron chi connectivity index (χ0n) is 15.7. The van der Waals surface area contributed by atoms with Crippen LogP contribution in [-0.2, 0) is 4.74 Å². The summed E-state index contributed by atoms with van der Waals surface area (Å²) >= 11 is 6.55. The molecule has 2 heterocycles. The first-order valence-corrected chi connectivity index (χ1v) is 10.0. The number of halogens is 1. The van der Waals surface area contributed by atoms with E-state index < -0.39 is 5.66 Å². The number of hydrogen-bond donors (Lipinski definition) is 2. The van der Waals surface area contributed by atoms with Crippen LogP contribution in [0, 0.1) is 0 Å². The topological polar surface area (TPSA) is 110 Å². The van der Waals surface area contributed by atoms with Gasteiger partial charge in [-0.15, -0.1) is 0 Å². The van der Waals surface area contributed by atoms with E-state index in [2.05, 4.69) is 9.98 Å². The second kappa shape index (κ2) is 7.60. The van der Waals surface area contributed by atoms with Crippen molar-refractivity contribution >= 4 is 35.1 Å². The number of amides is 1. The smallest absolute Gasteiger partial charge is 0.254 e. The van der Waals surface area contributed by atoms with Gasteiger partial charge in [0, 0.05) is 18.7 Å². The summed E-state index contributed by atoms with van der Waals surface area (Å²) in [5.41, 5.74) is 12.8. The van der Waals surface area contributed by atoms with Crippen molar-refractivity contribution in [3.8, 4) is 0 Å². The first-order valence-electron chi connectivity index (χ1n) is 9.66. The Bertz CT molecular complexity index is 828. The SMILES string of the molecule is NC1=NC2(CCCCC2)N(c2cc(C(=O)N3CCOCC3)ccc2Cl)C(N)=N1. The molecule has 4 N–H and O–H groups in total. The van der Waals surface area contributed by atoms with E-state index in [4.69, 9.17) is 27.8 Å². The van der Waals surface area contributed by atoms with Gasteiger partial charge >= 0.3 is 0 Å². The average molecular weight is 405 g/mol. The minimum Gasteiger partial charge on any atom is -0.378 e. The summed E-state index contributed by atoms with van der Waals surface area (Å²) in [6, 6.07) is 5.26. The molecule has 0 atom stereocenters. The molecule has 1 aromatic rings. The second-order valence-corrected chi connectivity index (χ2v) is 7.80. The number of anilines is 1. The molecule has 1 amide bonds. The Morgan fingerprint density at radius 1 is 1.14 bits per heavy atom. The standard InChI is InChI=1S/C19H25ClN6O2/c20-14-5-4-13(16(27)25-8-10-28-11-9-25)12-15(14)26-18(22)23-17(21)24-19(26)6-2-1-3-7-19/h4-5,12H,1-3,6-11H2,(H4,21,22,23,24). The van der Waals surface area contributed by atoms with Crippen molar-refractivity contribution in [3.05, 3.63) is 28.8 Å². The van der Waals surface area contributed by atoms with Crippen LogP contribution in [-0.4, -0.2) is 54.7 Å². The average Bonchev–Trinajstić information content (AvgIpc) is 2.69. The summed E-state index contributed by atoms with van der Waals surface area (Å²) in [6.45, 7) is 2.26. The zero-order chi connectivity index (χ0) is 19.7. The summed E-state index contributed by atoms with van der Waals surface area (Å²) in [5.74, 6) is 0.397. The number of rotatable bonds is 2. The molecule has 4 rings (SSSR count). The van der Waals surface area contributed by atoms with Gasteiger partial charge in [0.15, 0.2) is 0 Å². The molecule has 150 valence electrons. The molecule has 9 heteroatoms. The third-order valence-electron chi connectivity index (χ3n) is 5.58. The predicted octanol–water partition coefficient (Wildman–Crippen LogP) is 1.92. The van der Waals surface area contributed by atoms with E-state index in [1.165, 1.54) is 0 Å². The van der Waals surface area contributed by atoms with Crippen molar-refractivity contribution in [2.75, 3.05) is 31.2 Å². The van der Waals surface area contributed by atoms with Crippen LogP contribution in [0.25, 0.3) is 0 Å². The van der Waals surface area contributed by atoms with Gasteiger partial charge in [0.25, 0.3) is 5.91 Å². The molecular weight excluding hydrogens is 380 g/mol. The normalized spacial score (nSPS) is 22.0. The van der Waals surface area contributed by atoms with Gasteiger partial charge in [0.2, 0.25) is 11.9 Å². The van der Waals surface area contributed by atoms with E-state index in [1.54, 1.807) is 23.1 Å². The summed E-state index contributed by atoms with van der Waals surface area (Å²) in [5, 5.41) is 0.497. The van der Waals surface area contributed by atoms with Crippen LogP contribution in [0.15, 0.2) is 28.2 Å². The van der Waals surface area contributed by atoms with Crippen LogP contribution in [0.1, 0.15) is 42.5 Å². The largest absolute Gasteiger partial charge is 0.378 e. The number of carbonyl (C=O) groups is 1. The highest BCUT2D eigenvalue weighted by Crippen LogP contribution is 2.42. The number of aliphatic imine (C=N–C) groups is 2. The summed E-state index contributed by atoms with van der Waals surface area (Å²) in [6.07, 6.45) is 4.80. The predicted molar refractivity (Wildman–Crippen MR) is 110 cm³/mol. The third kappa shape index (κ3) is 3.42. The number of benzene rings is 1. The first-order chi connectivity index (χ1) is 13.5. The van der Waals surface area contributed by atoms with Crippen LogP contribution < -0.4 is 16.4 Å². The Morgan fingerprint density at radius 2 is 1.86 bits per heavy atom. The minimum absolute atomic E-state index is 0.0468. The Hall–Kier alpha value is -2.32. The summed E-state index contributed by atoms with van der Waals surface area (Å²) in [4.78, 5) is 25.4. The fourth-order valence-corrected chi connectivity index (χ4v) is 4.44. The number of ether oxygens (including phenoxy) is 1. The van der Waals surface area contributed by atoms with Crippen LogP contribution in [0.4, 0.5) is 5.69 Å². The maximum Gasteiger partial charge on any atom is 0.254 e. The molecule has 1 aromatic carbocycles. The highest BCUT2D eigenvalue weighted by Gasteiger charge is 2.43. The van der Waals surface area contributed by atoms with Crippen LogP contribution in [0.5, 0.6) is 0 Å². The minimum atomic E-state index is -0.599. The maximum absolute atomic E-state index is 12.9. The van der Waals surface area contributed by atoms with E-state index in [0.29, 0.717) is 42.6 Å². The van der Waals surface area contributed by atoms with Gasteiger partial charge in [-0.1, -0.05) is 18.0 Å². The molecule has 2 aliphatic heterocycles. The summed E-state index contributed by atoms with van der Waals surface area (Å²) in [7, 11) is 0. The van der Waals surface area contributed by atoms with E-state index in [1.807, 2.05) is 4.90 Å². The molecule has 2 fully saturated rings. The lowest BCUT2D eigenvalue weighted by atomic mass is 9.87. The highest BCUT2D eigenvalue weighted by molar-refractivity contribution is 6.34. The van der Waals surface area contributed by atoms with Gasteiger partial charge in [0.1, 0.15) is 5.66 Å². The van der Waals surface area contributed by atoms with Crippen LogP contribution in [0.2, 0.25) is 5.02 Å². The molecule has 1 saturated carbocycles. The fraction of sp³-hybridized carbons (Fsp3) is 0.526. The lowest BCUT2D eigenvalue weighted by Crippen LogP contribution is -2.58. The van der Waals surface area contributed by atoms with E-state index >= 15 is 0 Å². The molecule has 0 unspecified atom stereocenters. The molecule has 3 aliphatic rings. The second-order valence-electron chi connectivity index (χ2n) is 7.39. The van der Waals surface area contributed by atoms with Crippen molar-refractivity contribution in [1.29, 1.82) is 0 Å². The number of guanidine groups is 2. The van der Waals surface area contributed by atoms with E-state index in [9.17, 15) is 4.79 Å². The Balaban J connectivity index is 1.72. The lowest BCUT2D eigenvalue weighted by molar-refractivity contribution is 0.0303. The number of hydrogen-bond acceptors (Lipinski definition) is 7. The highest BCUT2D eigenvalue weighted by atomic mass is 35.5. The lowest BCUT2D eigenvalue weighted by Gasteiger charge is -2.46. The Labute approximate surface area is 169 Å². The molecule has 0 aromatic heterocycles. The summed E-state index contributed by atoms with van der Waals surface area (Å²) < 4.78 is 5.34. The van der Waals surface area contributed by atoms with Crippen LogP contribution in [0.3, 0.4) is 0 Å². The monoisotopic (exact) mass is 404 g/mol. The maximum atomic E-state index is 12.9. The first kappa shape index (κ1) is 19.0. The molecule has 8 nitrogen and oxygen atoms in total. The van der Waals surface area contributed by atoms with Gasteiger partial charge in [-0.2, -0.15) is 4.99 Å². The Kier molecular flexibility index (Phi) is 5.16. The third-order valence-corrected chi connectivity index (χ3v) is 5.90. The quantitative estimate of drug-likeness (QED) is 0.782. The van der Waals surface area contributed by atoms with Crippen molar-refractivity contribution in [1.82, 2.24) is 4.90 Å². The number of carbonyl (C=O) groups excluding carboxylic acids is 1. The molecule has 0 radical (unpaired) electrons. The van der Waals surface area contributed by atoms with Crippen molar-refractivity contribution in [3.63, 3.8) is 0 Å². The van der Waals surface area contributed by atoms with Crippen molar-refractivity contribution in [2.24, 2.45) is 21.5 Å². The zero-order valence-corrected chi connectivity index (χ0v) is 16.5. The van der Waals surface area contributed by atoms with Gasteiger partial charge in [-0.25, -0.2) is 4.99 Å². The van der Waals surface area contributed by atoms with E-state index in [0.717, 1.165) is 32.1 Å². The number of morpholine rings is 1. The molecule has 1 saturated heterocycles. The van der Waals surface area contributed by atoms with Crippen molar-refractivity contribution < 1.29 is 9.53 Å².